The first-order valence-electron chi connectivity index (χ1n) is 14.5. The second kappa shape index (κ2) is 12.7. The Balaban J connectivity index is 1.24. The number of hydrogen-bond donors (Lipinski definition) is 0. The Bertz CT molecular complexity index is 1400. The molecule has 1 saturated carbocycles. The number of rotatable bonds is 8. The van der Waals surface area contributed by atoms with Crippen molar-refractivity contribution in [1.82, 2.24) is 18.7 Å². The van der Waals surface area contributed by atoms with Gasteiger partial charge in [-0.05, 0) is 56.4 Å². The van der Waals surface area contributed by atoms with Gasteiger partial charge in [0.25, 0.3) is 5.92 Å². The Morgan fingerprint density at radius 2 is 1.86 bits per heavy atom. The van der Waals surface area contributed by atoms with Gasteiger partial charge in [-0.15, -0.1) is 0 Å². The van der Waals surface area contributed by atoms with Gasteiger partial charge in [0.1, 0.15) is 11.5 Å². The summed E-state index contributed by atoms with van der Waals surface area (Å²) in [5, 5.41) is 0.135. The van der Waals surface area contributed by atoms with E-state index in [2.05, 4.69) is 4.90 Å². The van der Waals surface area contributed by atoms with E-state index in [0.29, 0.717) is 25.2 Å². The van der Waals surface area contributed by atoms with Crippen LogP contribution in [0.25, 0.3) is 0 Å². The van der Waals surface area contributed by atoms with Crippen molar-refractivity contribution in [2.24, 2.45) is 0 Å². The van der Waals surface area contributed by atoms with Crippen LogP contribution in [0.3, 0.4) is 0 Å². The van der Waals surface area contributed by atoms with Crippen LogP contribution in [0.2, 0.25) is 10.0 Å². The first-order valence-corrected chi connectivity index (χ1v) is 16.7. The van der Waals surface area contributed by atoms with Crippen molar-refractivity contribution in [2.45, 2.75) is 80.9 Å². The molecule has 0 bridgehead atoms. The molecule has 1 unspecified atom stereocenters. The summed E-state index contributed by atoms with van der Waals surface area (Å²) in [5.74, 6) is -2.78. The summed E-state index contributed by atoms with van der Waals surface area (Å²) in [7, 11) is -2.34. The molecule has 2 fully saturated rings. The fraction of sp³-hybridized carbons (Fsp3) is 0.621. The molecule has 13 heteroatoms. The SMILES string of the molecule is Cc1ccc(Cl)c(S(=O)(=O)N2CCn3cccc3C2COCC(=O)N(C)[C@H]2CCC[C@@H](N3CCC(F)(F)CC3)C2)c1Cl. The highest BCUT2D eigenvalue weighted by atomic mass is 35.5. The Morgan fingerprint density at radius 1 is 1.12 bits per heavy atom. The van der Waals surface area contributed by atoms with E-state index in [1.54, 1.807) is 24.9 Å². The molecule has 0 spiro atoms. The average Bonchev–Trinajstić information content (AvgIpc) is 3.44. The minimum atomic E-state index is -4.09. The van der Waals surface area contributed by atoms with E-state index >= 15 is 0 Å². The number of aromatic nitrogens is 1. The van der Waals surface area contributed by atoms with Crippen molar-refractivity contribution in [3.63, 3.8) is 0 Å². The highest BCUT2D eigenvalue weighted by Gasteiger charge is 2.40. The Morgan fingerprint density at radius 3 is 2.60 bits per heavy atom. The number of aryl methyl sites for hydroxylation is 1. The fourth-order valence-corrected chi connectivity index (χ4v) is 9.20. The number of piperidine rings is 1. The quantitative estimate of drug-likeness (QED) is 0.386. The van der Waals surface area contributed by atoms with E-state index in [0.717, 1.165) is 31.4 Å². The van der Waals surface area contributed by atoms with Crippen LogP contribution in [0.4, 0.5) is 8.78 Å². The number of alkyl halides is 2. The number of nitrogens with zero attached hydrogens (tertiary/aromatic N) is 4. The number of sulfonamides is 1. The maximum atomic E-state index is 13.9. The van der Waals surface area contributed by atoms with Crippen molar-refractivity contribution in [1.29, 1.82) is 0 Å². The van der Waals surface area contributed by atoms with E-state index in [1.807, 2.05) is 22.9 Å². The van der Waals surface area contributed by atoms with E-state index in [9.17, 15) is 22.0 Å². The smallest absolute Gasteiger partial charge is 0.250 e. The number of amides is 1. The molecule has 8 nitrogen and oxygen atoms in total. The molecule has 1 aromatic heterocycles. The largest absolute Gasteiger partial charge is 0.370 e. The maximum absolute atomic E-state index is 13.9. The Kier molecular flexibility index (Phi) is 9.57. The molecule has 1 aliphatic carbocycles. The van der Waals surface area contributed by atoms with Crippen LogP contribution in [0.5, 0.6) is 0 Å². The molecular weight excluding hydrogens is 609 g/mol. The molecule has 3 heterocycles. The molecular formula is C29H38Cl2F2N4O4S. The minimum absolute atomic E-state index is 0.00307. The predicted octanol–water partition coefficient (Wildman–Crippen LogP) is 5.37. The highest BCUT2D eigenvalue weighted by Crippen LogP contribution is 2.39. The van der Waals surface area contributed by atoms with Gasteiger partial charge in [0.2, 0.25) is 15.9 Å². The zero-order chi connectivity index (χ0) is 30.2. The van der Waals surface area contributed by atoms with Crippen molar-refractivity contribution < 1.29 is 26.7 Å². The van der Waals surface area contributed by atoms with E-state index < -0.39 is 22.0 Å². The molecule has 232 valence electrons. The van der Waals surface area contributed by atoms with Crippen LogP contribution < -0.4 is 0 Å². The summed E-state index contributed by atoms with van der Waals surface area (Å²) < 4.78 is 64.4. The lowest BCUT2D eigenvalue weighted by Crippen LogP contribution is -2.50. The van der Waals surface area contributed by atoms with Crippen LogP contribution in [-0.2, 0) is 26.1 Å². The van der Waals surface area contributed by atoms with Crippen molar-refractivity contribution in [3.8, 4) is 0 Å². The average molecular weight is 648 g/mol. The lowest BCUT2D eigenvalue weighted by molar-refractivity contribution is -0.138. The zero-order valence-electron chi connectivity index (χ0n) is 23.9. The Labute approximate surface area is 256 Å². The Hall–Kier alpha value is -1.76. The van der Waals surface area contributed by atoms with Crippen LogP contribution in [0.15, 0.2) is 35.4 Å². The summed E-state index contributed by atoms with van der Waals surface area (Å²) >= 11 is 12.8. The standard InChI is InChI=1S/C29H38Cl2F2N4O4S/c1-20-8-9-23(30)28(27(20)31)42(39,40)37-16-15-36-12-4-7-24(36)25(37)18-41-19-26(38)34(2)21-5-3-6-22(17-21)35-13-10-29(32,33)11-14-35/h4,7-9,12,21-22,25H,3,5-6,10-11,13-19H2,1-2H3/t21-,22+,25?/m0/s1. The van der Waals surface area contributed by atoms with Crippen LogP contribution >= 0.6 is 23.2 Å². The molecule has 3 aliphatic rings. The number of fused-ring (bicyclic) bond motifs is 1. The number of likely N-dealkylation sites (N-methyl/N-ethyl adjacent to an activating group) is 1. The molecule has 1 saturated heterocycles. The lowest BCUT2D eigenvalue weighted by Gasteiger charge is -2.43. The lowest BCUT2D eigenvalue weighted by atomic mass is 9.88. The normalized spacial score (nSPS) is 25.2. The van der Waals surface area contributed by atoms with Gasteiger partial charge in [-0.1, -0.05) is 29.3 Å². The molecule has 42 heavy (non-hydrogen) atoms. The van der Waals surface area contributed by atoms with Crippen molar-refractivity contribution in [3.05, 3.63) is 51.8 Å². The van der Waals surface area contributed by atoms with Gasteiger partial charge < -0.3 is 14.2 Å². The predicted molar refractivity (Wildman–Crippen MR) is 158 cm³/mol. The molecule has 3 atom stereocenters. The molecule has 1 aromatic carbocycles. The van der Waals surface area contributed by atoms with E-state index in [-0.39, 0.29) is 65.5 Å². The first kappa shape index (κ1) is 31.7. The summed E-state index contributed by atoms with van der Waals surface area (Å²) in [4.78, 5) is 16.9. The number of carbonyl (C=O) groups is 1. The van der Waals surface area contributed by atoms with Crippen LogP contribution in [0, 0.1) is 6.92 Å². The number of hydrogen-bond acceptors (Lipinski definition) is 5. The summed E-state index contributed by atoms with van der Waals surface area (Å²) in [6.07, 6.45) is 5.13. The highest BCUT2D eigenvalue weighted by molar-refractivity contribution is 7.89. The van der Waals surface area contributed by atoms with Gasteiger partial charge in [-0.3, -0.25) is 9.69 Å². The summed E-state index contributed by atoms with van der Waals surface area (Å²) in [5.41, 5.74) is 1.36. The van der Waals surface area contributed by atoms with Crippen molar-refractivity contribution in [2.75, 3.05) is 39.9 Å². The molecule has 0 radical (unpaired) electrons. The second-order valence-corrected chi connectivity index (χ2v) is 14.3. The first-order chi connectivity index (χ1) is 19.9. The third-order valence-corrected chi connectivity index (χ3v) is 12.1. The number of likely N-dealkylation sites (tertiary alicyclic amines) is 1. The number of ether oxygens (including phenoxy) is 1. The minimum Gasteiger partial charge on any atom is -0.370 e. The summed E-state index contributed by atoms with van der Waals surface area (Å²) in [6, 6.07) is 6.41. The molecule has 5 rings (SSSR count). The molecule has 0 N–H and O–H groups in total. The van der Waals surface area contributed by atoms with Crippen LogP contribution in [0.1, 0.15) is 55.8 Å². The molecule has 2 aliphatic heterocycles. The zero-order valence-corrected chi connectivity index (χ0v) is 26.3. The monoisotopic (exact) mass is 646 g/mol. The number of carbonyl (C=O) groups excluding carboxylic acids is 1. The van der Waals surface area contributed by atoms with Gasteiger partial charge in [-0.2, -0.15) is 4.31 Å². The van der Waals surface area contributed by atoms with E-state index in [1.165, 1.54) is 10.4 Å². The van der Waals surface area contributed by atoms with Gasteiger partial charge in [-0.25, -0.2) is 17.2 Å². The van der Waals surface area contributed by atoms with Gasteiger partial charge in [0.15, 0.2) is 0 Å². The number of benzene rings is 1. The summed E-state index contributed by atoms with van der Waals surface area (Å²) in [6.45, 7) is 2.90. The topological polar surface area (TPSA) is 75.1 Å². The fourth-order valence-electron chi connectivity index (χ4n) is 6.49. The van der Waals surface area contributed by atoms with Gasteiger partial charge in [0, 0.05) is 70.0 Å². The second-order valence-electron chi connectivity index (χ2n) is 11.7. The molecule has 1 amide bonds. The van der Waals surface area contributed by atoms with Gasteiger partial charge in [0.05, 0.1) is 22.7 Å². The number of halogens is 4. The van der Waals surface area contributed by atoms with E-state index in [4.69, 9.17) is 27.9 Å². The van der Waals surface area contributed by atoms with Crippen LogP contribution in [-0.4, -0.2) is 90.9 Å². The third-order valence-electron chi connectivity index (χ3n) is 9.03. The maximum Gasteiger partial charge on any atom is 0.250 e. The third kappa shape index (κ3) is 6.51. The van der Waals surface area contributed by atoms with Crippen molar-refractivity contribution >= 4 is 39.1 Å². The molecule has 2 aromatic rings. The van der Waals surface area contributed by atoms with Gasteiger partial charge >= 0.3 is 0 Å².